The topological polar surface area (TPSA) is 52.6 Å². The van der Waals surface area contributed by atoms with Crippen molar-refractivity contribution < 1.29 is 19.1 Å². The van der Waals surface area contributed by atoms with Crippen LogP contribution in [0.2, 0.25) is 0 Å². The smallest absolute Gasteiger partial charge is 0.343 e. The monoisotopic (exact) mass is 284 g/mol. The van der Waals surface area contributed by atoms with Gasteiger partial charge in [-0.1, -0.05) is 13.0 Å². The maximum atomic E-state index is 12.0. The Morgan fingerprint density at radius 3 is 2.52 bits per heavy atom. The Hall–Kier alpha value is -2.62. The van der Waals surface area contributed by atoms with Crippen molar-refractivity contribution >= 4 is 12.3 Å². The van der Waals surface area contributed by atoms with Crippen molar-refractivity contribution in [3.63, 3.8) is 0 Å². The first kappa shape index (κ1) is 14.8. The third-order valence-corrected chi connectivity index (χ3v) is 2.77. The van der Waals surface area contributed by atoms with Crippen molar-refractivity contribution in [2.45, 2.75) is 13.3 Å². The first-order valence-electron chi connectivity index (χ1n) is 6.73. The lowest BCUT2D eigenvalue weighted by Gasteiger charge is -2.07. The molecule has 0 radical (unpaired) electrons. The van der Waals surface area contributed by atoms with Gasteiger partial charge >= 0.3 is 5.97 Å². The Labute approximate surface area is 123 Å². The van der Waals surface area contributed by atoms with Crippen LogP contribution in [0.15, 0.2) is 48.5 Å². The molecule has 0 fully saturated rings. The number of carbonyl (C=O) groups is 2. The lowest BCUT2D eigenvalue weighted by molar-refractivity contribution is 0.0734. The number of aldehydes is 1. The first-order valence-corrected chi connectivity index (χ1v) is 6.73. The predicted molar refractivity (Wildman–Crippen MR) is 79.0 cm³/mol. The summed E-state index contributed by atoms with van der Waals surface area (Å²) in [7, 11) is 0. The number of hydrogen-bond acceptors (Lipinski definition) is 4. The van der Waals surface area contributed by atoms with Gasteiger partial charge in [0.05, 0.1) is 12.2 Å². The summed E-state index contributed by atoms with van der Waals surface area (Å²) < 4.78 is 10.7. The third kappa shape index (κ3) is 4.18. The minimum absolute atomic E-state index is 0.394. The molecule has 2 aromatic carbocycles. The van der Waals surface area contributed by atoms with E-state index in [1.807, 2.05) is 6.92 Å². The van der Waals surface area contributed by atoms with Gasteiger partial charge in [-0.2, -0.15) is 0 Å². The molecule has 0 amide bonds. The average molecular weight is 284 g/mol. The molecule has 21 heavy (non-hydrogen) atoms. The van der Waals surface area contributed by atoms with E-state index in [0.717, 1.165) is 12.7 Å². The SMILES string of the molecule is CCCOc1cccc(C(=O)Oc2ccc(C=O)cc2)c1. The highest BCUT2D eigenvalue weighted by Gasteiger charge is 2.09. The molecule has 108 valence electrons. The minimum atomic E-state index is -0.462. The van der Waals surface area contributed by atoms with Crippen LogP contribution in [-0.4, -0.2) is 18.9 Å². The molecular formula is C17H16O4. The number of rotatable bonds is 6. The molecule has 0 aliphatic rings. The van der Waals surface area contributed by atoms with E-state index >= 15 is 0 Å². The standard InChI is InChI=1S/C17H16O4/c1-2-10-20-16-5-3-4-14(11-16)17(19)21-15-8-6-13(12-18)7-9-15/h3-9,11-12H,2,10H2,1H3. The summed E-state index contributed by atoms with van der Waals surface area (Å²) in [5, 5.41) is 0. The molecule has 0 aliphatic heterocycles. The van der Waals surface area contributed by atoms with Gasteiger partial charge in [-0.3, -0.25) is 4.79 Å². The van der Waals surface area contributed by atoms with E-state index in [9.17, 15) is 9.59 Å². The molecule has 0 heterocycles. The van der Waals surface area contributed by atoms with Gasteiger partial charge in [0, 0.05) is 5.56 Å². The summed E-state index contributed by atoms with van der Waals surface area (Å²) in [5.41, 5.74) is 0.952. The number of benzene rings is 2. The normalized spacial score (nSPS) is 9.95. The highest BCUT2D eigenvalue weighted by atomic mass is 16.5. The van der Waals surface area contributed by atoms with Crippen LogP contribution in [0.25, 0.3) is 0 Å². The second-order valence-corrected chi connectivity index (χ2v) is 4.45. The van der Waals surface area contributed by atoms with Crippen LogP contribution in [-0.2, 0) is 0 Å². The molecule has 0 saturated carbocycles. The van der Waals surface area contributed by atoms with Crippen molar-refractivity contribution in [3.05, 3.63) is 59.7 Å². The zero-order valence-corrected chi connectivity index (χ0v) is 11.7. The van der Waals surface area contributed by atoms with Gasteiger partial charge in [-0.25, -0.2) is 4.79 Å². The van der Waals surface area contributed by atoms with Crippen LogP contribution in [0.3, 0.4) is 0 Å². The molecule has 4 nitrogen and oxygen atoms in total. The molecular weight excluding hydrogens is 268 g/mol. The fourth-order valence-corrected chi connectivity index (χ4v) is 1.71. The lowest BCUT2D eigenvalue weighted by Crippen LogP contribution is -2.08. The van der Waals surface area contributed by atoms with E-state index in [1.54, 1.807) is 48.5 Å². The Morgan fingerprint density at radius 2 is 1.86 bits per heavy atom. The molecule has 0 spiro atoms. The van der Waals surface area contributed by atoms with Crippen molar-refractivity contribution in [1.82, 2.24) is 0 Å². The highest BCUT2D eigenvalue weighted by molar-refractivity contribution is 5.91. The maximum Gasteiger partial charge on any atom is 0.343 e. The zero-order valence-electron chi connectivity index (χ0n) is 11.7. The molecule has 2 rings (SSSR count). The summed E-state index contributed by atoms with van der Waals surface area (Å²) in [4.78, 5) is 22.6. The Kier molecular flexibility index (Phi) is 5.10. The van der Waals surface area contributed by atoms with Crippen molar-refractivity contribution in [1.29, 1.82) is 0 Å². The maximum absolute atomic E-state index is 12.0. The Morgan fingerprint density at radius 1 is 1.10 bits per heavy atom. The van der Waals surface area contributed by atoms with Gasteiger partial charge in [0.2, 0.25) is 0 Å². The van der Waals surface area contributed by atoms with Gasteiger partial charge in [0.1, 0.15) is 17.8 Å². The van der Waals surface area contributed by atoms with Crippen LogP contribution < -0.4 is 9.47 Å². The molecule has 0 atom stereocenters. The molecule has 0 aliphatic carbocycles. The number of esters is 1. The van der Waals surface area contributed by atoms with Crippen molar-refractivity contribution in [3.8, 4) is 11.5 Å². The second kappa shape index (κ2) is 7.24. The van der Waals surface area contributed by atoms with Gasteiger partial charge in [-0.05, 0) is 48.9 Å². The zero-order chi connectivity index (χ0) is 15.1. The van der Waals surface area contributed by atoms with Crippen LogP contribution in [0.4, 0.5) is 0 Å². The average Bonchev–Trinajstić information content (AvgIpc) is 2.54. The van der Waals surface area contributed by atoms with Crippen LogP contribution >= 0.6 is 0 Å². The molecule has 0 saturated heterocycles. The molecule has 0 bridgehead atoms. The van der Waals surface area contributed by atoms with E-state index in [1.165, 1.54) is 0 Å². The van der Waals surface area contributed by atoms with E-state index < -0.39 is 5.97 Å². The Balaban J connectivity index is 2.06. The van der Waals surface area contributed by atoms with Gasteiger partial charge < -0.3 is 9.47 Å². The van der Waals surface area contributed by atoms with E-state index in [-0.39, 0.29) is 0 Å². The summed E-state index contributed by atoms with van der Waals surface area (Å²) in [5.74, 6) is 0.573. The van der Waals surface area contributed by atoms with Crippen LogP contribution in [0.5, 0.6) is 11.5 Å². The number of carbonyl (C=O) groups excluding carboxylic acids is 2. The fraction of sp³-hybridized carbons (Fsp3) is 0.176. The number of ether oxygens (including phenoxy) is 2. The molecule has 0 N–H and O–H groups in total. The third-order valence-electron chi connectivity index (χ3n) is 2.77. The Bertz CT molecular complexity index is 617. The molecule has 0 aromatic heterocycles. The van der Waals surface area contributed by atoms with Crippen molar-refractivity contribution in [2.24, 2.45) is 0 Å². The summed E-state index contributed by atoms with van der Waals surface area (Å²) >= 11 is 0. The lowest BCUT2D eigenvalue weighted by atomic mass is 10.2. The molecule has 4 heteroatoms. The summed E-state index contributed by atoms with van der Waals surface area (Å²) in [6, 6.07) is 13.2. The fourth-order valence-electron chi connectivity index (χ4n) is 1.71. The van der Waals surface area contributed by atoms with E-state index in [2.05, 4.69) is 0 Å². The quantitative estimate of drug-likeness (QED) is 0.463. The largest absolute Gasteiger partial charge is 0.494 e. The minimum Gasteiger partial charge on any atom is -0.494 e. The highest BCUT2D eigenvalue weighted by Crippen LogP contribution is 2.17. The summed E-state index contributed by atoms with van der Waals surface area (Å²) in [6.07, 6.45) is 1.64. The predicted octanol–water partition coefficient (Wildman–Crippen LogP) is 3.51. The van der Waals surface area contributed by atoms with Gasteiger partial charge in [0.15, 0.2) is 0 Å². The van der Waals surface area contributed by atoms with E-state index in [4.69, 9.17) is 9.47 Å². The van der Waals surface area contributed by atoms with Gasteiger partial charge in [0.25, 0.3) is 0 Å². The van der Waals surface area contributed by atoms with Gasteiger partial charge in [-0.15, -0.1) is 0 Å². The molecule has 0 unspecified atom stereocenters. The number of hydrogen-bond donors (Lipinski definition) is 0. The van der Waals surface area contributed by atoms with Crippen molar-refractivity contribution in [2.75, 3.05) is 6.61 Å². The molecule has 2 aromatic rings. The summed E-state index contributed by atoms with van der Waals surface area (Å²) in [6.45, 7) is 2.62. The van der Waals surface area contributed by atoms with Crippen LogP contribution in [0.1, 0.15) is 34.1 Å². The second-order valence-electron chi connectivity index (χ2n) is 4.45. The van der Waals surface area contributed by atoms with E-state index in [0.29, 0.717) is 29.2 Å². The van der Waals surface area contributed by atoms with Crippen LogP contribution in [0, 0.1) is 0 Å². The first-order chi connectivity index (χ1) is 10.2.